The second kappa shape index (κ2) is 7.43. The van der Waals surface area contributed by atoms with Crippen LogP contribution >= 0.6 is 0 Å². The summed E-state index contributed by atoms with van der Waals surface area (Å²) in [6.45, 7) is 0. The van der Waals surface area contributed by atoms with E-state index in [1.165, 1.54) is 18.2 Å². The van der Waals surface area contributed by atoms with Crippen molar-refractivity contribution >= 4 is 29.7 Å². The number of carbonyl (C=O) groups is 1. The SMILES string of the molecule is COc1ccc(/C=C/C2=NC(=C/c3ccc([N+](=O)[O-])cc3)/C(=O)O2)cc1. The lowest BCUT2D eigenvalue weighted by atomic mass is 10.2. The molecule has 0 saturated carbocycles. The van der Waals surface area contributed by atoms with Crippen LogP contribution in [0.2, 0.25) is 0 Å². The van der Waals surface area contributed by atoms with E-state index in [2.05, 4.69) is 4.99 Å². The summed E-state index contributed by atoms with van der Waals surface area (Å²) in [5, 5.41) is 10.7. The highest BCUT2D eigenvalue weighted by Gasteiger charge is 2.21. The van der Waals surface area contributed by atoms with Crippen molar-refractivity contribution in [2.75, 3.05) is 7.11 Å². The predicted molar refractivity (Wildman–Crippen MR) is 96.6 cm³/mol. The highest BCUT2D eigenvalue weighted by Crippen LogP contribution is 2.19. The van der Waals surface area contributed by atoms with Gasteiger partial charge in [-0.3, -0.25) is 10.1 Å². The molecule has 26 heavy (non-hydrogen) atoms. The van der Waals surface area contributed by atoms with E-state index in [1.54, 1.807) is 31.4 Å². The van der Waals surface area contributed by atoms with Crippen LogP contribution in [0.4, 0.5) is 5.69 Å². The largest absolute Gasteiger partial charge is 0.497 e. The number of cyclic esters (lactones) is 1. The number of nitrogens with zero attached hydrogens (tertiary/aromatic N) is 2. The minimum Gasteiger partial charge on any atom is -0.497 e. The molecule has 0 bridgehead atoms. The van der Waals surface area contributed by atoms with Crippen LogP contribution < -0.4 is 4.74 Å². The molecule has 0 aromatic heterocycles. The number of benzene rings is 2. The second-order valence-corrected chi connectivity index (χ2v) is 5.32. The van der Waals surface area contributed by atoms with Gasteiger partial charge in [-0.05, 0) is 47.5 Å². The van der Waals surface area contributed by atoms with Gasteiger partial charge in [-0.15, -0.1) is 0 Å². The summed E-state index contributed by atoms with van der Waals surface area (Å²) in [7, 11) is 1.59. The van der Waals surface area contributed by atoms with Crippen molar-refractivity contribution < 1.29 is 19.2 Å². The molecular weight excluding hydrogens is 336 g/mol. The maximum atomic E-state index is 11.9. The van der Waals surface area contributed by atoms with Crippen LogP contribution in [0.15, 0.2) is 65.3 Å². The molecular formula is C19H14N2O5. The van der Waals surface area contributed by atoms with E-state index in [4.69, 9.17) is 9.47 Å². The van der Waals surface area contributed by atoms with Gasteiger partial charge in [0.15, 0.2) is 5.70 Å². The van der Waals surface area contributed by atoms with E-state index < -0.39 is 10.9 Å². The van der Waals surface area contributed by atoms with Gasteiger partial charge in [-0.2, -0.15) is 0 Å². The first-order valence-electron chi connectivity index (χ1n) is 7.64. The van der Waals surface area contributed by atoms with Gasteiger partial charge >= 0.3 is 5.97 Å². The molecule has 0 unspecified atom stereocenters. The average molecular weight is 350 g/mol. The number of carbonyl (C=O) groups excluding carboxylic acids is 1. The van der Waals surface area contributed by atoms with Crippen molar-refractivity contribution in [3.8, 4) is 5.75 Å². The third kappa shape index (κ3) is 4.02. The second-order valence-electron chi connectivity index (χ2n) is 5.32. The summed E-state index contributed by atoms with van der Waals surface area (Å²) in [5.74, 6) is 0.358. The molecule has 1 heterocycles. The van der Waals surface area contributed by atoms with E-state index in [1.807, 2.05) is 24.3 Å². The van der Waals surface area contributed by atoms with Crippen molar-refractivity contribution in [1.82, 2.24) is 0 Å². The Hall–Kier alpha value is -3.74. The molecule has 1 aliphatic rings. The fraction of sp³-hybridized carbons (Fsp3) is 0.0526. The maximum Gasteiger partial charge on any atom is 0.363 e. The third-order valence-corrected chi connectivity index (χ3v) is 3.58. The van der Waals surface area contributed by atoms with Gasteiger partial charge < -0.3 is 9.47 Å². The standard InChI is InChI=1S/C19H14N2O5/c1-25-16-9-4-13(5-10-16)6-11-18-20-17(19(22)26-18)12-14-2-7-15(8-3-14)21(23)24/h2-12H,1H3/b11-6+,17-12+. The number of nitro benzene ring substituents is 1. The van der Waals surface area contributed by atoms with Crippen LogP contribution in [-0.2, 0) is 9.53 Å². The normalized spacial score (nSPS) is 15.2. The Balaban J connectivity index is 1.75. The summed E-state index contributed by atoms with van der Waals surface area (Å²) in [4.78, 5) is 26.2. The van der Waals surface area contributed by atoms with Gasteiger partial charge in [0.1, 0.15) is 5.75 Å². The quantitative estimate of drug-likeness (QED) is 0.355. The number of esters is 1. The molecule has 7 nitrogen and oxygen atoms in total. The van der Waals surface area contributed by atoms with Crippen molar-refractivity contribution in [3.63, 3.8) is 0 Å². The number of rotatable bonds is 5. The van der Waals surface area contributed by atoms with Gasteiger partial charge in [-0.1, -0.05) is 12.1 Å². The van der Waals surface area contributed by atoms with E-state index in [9.17, 15) is 14.9 Å². The number of hydrogen-bond donors (Lipinski definition) is 0. The Morgan fingerprint density at radius 3 is 2.31 bits per heavy atom. The molecule has 0 N–H and O–H groups in total. The van der Waals surface area contributed by atoms with Crippen molar-refractivity contribution in [1.29, 1.82) is 0 Å². The van der Waals surface area contributed by atoms with Crippen LogP contribution in [0.5, 0.6) is 5.75 Å². The minimum atomic E-state index is -0.572. The Morgan fingerprint density at radius 2 is 1.69 bits per heavy atom. The first kappa shape index (κ1) is 17.1. The van der Waals surface area contributed by atoms with Crippen molar-refractivity contribution in [3.05, 3.63) is 81.5 Å². The number of hydrogen-bond acceptors (Lipinski definition) is 6. The van der Waals surface area contributed by atoms with Crippen LogP contribution in [0, 0.1) is 10.1 Å². The fourth-order valence-electron chi connectivity index (χ4n) is 2.23. The zero-order valence-corrected chi connectivity index (χ0v) is 13.8. The van der Waals surface area contributed by atoms with Gasteiger partial charge in [0.2, 0.25) is 5.90 Å². The molecule has 3 rings (SSSR count). The number of aliphatic imine (C=N–C) groups is 1. The predicted octanol–water partition coefficient (Wildman–Crippen LogP) is 3.61. The Kier molecular flexibility index (Phi) is 4.89. The van der Waals surface area contributed by atoms with Gasteiger partial charge in [-0.25, -0.2) is 9.79 Å². The molecule has 130 valence electrons. The van der Waals surface area contributed by atoms with Crippen molar-refractivity contribution in [2.24, 2.45) is 4.99 Å². The number of ether oxygens (including phenoxy) is 2. The summed E-state index contributed by atoms with van der Waals surface area (Å²) in [6.07, 6.45) is 4.87. The lowest BCUT2D eigenvalue weighted by molar-refractivity contribution is -0.384. The van der Waals surface area contributed by atoms with E-state index in [0.29, 0.717) is 5.56 Å². The van der Waals surface area contributed by atoms with E-state index in [-0.39, 0.29) is 17.3 Å². The number of nitro groups is 1. The van der Waals surface area contributed by atoms with Gasteiger partial charge in [0.25, 0.3) is 5.69 Å². The molecule has 0 radical (unpaired) electrons. The smallest absolute Gasteiger partial charge is 0.363 e. The summed E-state index contributed by atoms with van der Waals surface area (Å²) < 4.78 is 10.2. The number of methoxy groups -OCH3 is 1. The minimum absolute atomic E-state index is 0.0206. The molecule has 7 heteroatoms. The average Bonchev–Trinajstić information content (AvgIpc) is 3.00. The first-order valence-corrected chi connectivity index (χ1v) is 7.64. The van der Waals surface area contributed by atoms with Crippen LogP contribution in [0.3, 0.4) is 0 Å². The van der Waals surface area contributed by atoms with E-state index in [0.717, 1.165) is 11.3 Å². The molecule has 0 aliphatic carbocycles. The summed E-state index contributed by atoms with van der Waals surface area (Å²) in [6, 6.07) is 13.2. The molecule has 2 aromatic rings. The van der Waals surface area contributed by atoms with Gasteiger partial charge in [0, 0.05) is 18.2 Å². The maximum absolute atomic E-state index is 11.9. The Morgan fingerprint density at radius 1 is 1.04 bits per heavy atom. The van der Waals surface area contributed by atoms with Crippen molar-refractivity contribution in [2.45, 2.75) is 0 Å². The monoisotopic (exact) mass is 350 g/mol. The van der Waals surface area contributed by atoms with Crippen LogP contribution in [0.1, 0.15) is 11.1 Å². The lowest BCUT2D eigenvalue weighted by Gasteiger charge is -1.98. The van der Waals surface area contributed by atoms with Gasteiger partial charge in [0.05, 0.1) is 12.0 Å². The Labute approximate surface area is 149 Å². The highest BCUT2D eigenvalue weighted by atomic mass is 16.6. The molecule has 0 amide bonds. The Bertz CT molecular complexity index is 925. The summed E-state index contributed by atoms with van der Waals surface area (Å²) >= 11 is 0. The molecule has 2 aromatic carbocycles. The molecule has 1 aliphatic heterocycles. The lowest BCUT2D eigenvalue weighted by Crippen LogP contribution is -2.01. The first-order chi connectivity index (χ1) is 12.5. The molecule has 0 fully saturated rings. The van der Waals surface area contributed by atoms with Crippen LogP contribution in [0.25, 0.3) is 12.2 Å². The number of non-ortho nitro benzene ring substituents is 1. The topological polar surface area (TPSA) is 91.0 Å². The molecule has 0 saturated heterocycles. The van der Waals surface area contributed by atoms with Crippen LogP contribution in [-0.4, -0.2) is 23.9 Å². The zero-order valence-electron chi connectivity index (χ0n) is 13.8. The summed E-state index contributed by atoms with van der Waals surface area (Å²) in [5.41, 5.74) is 1.63. The third-order valence-electron chi connectivity index (χ3n) is 3.58. The fourth-order valence-corrected chi connectivity index (χ4v) is 2.23. The molecule has 0 atom stereocenters. The highest BCUT2D eigenvalue weighted by molar-refractivity contribution is 6.11. The van der Waals surface area contributed by atoms with E-state index >= 15 is 0 Å². The molecule has 0 spiro atoms. The zero-order chi connectivity index (χ0) is 18.5.